The fourth-order valence-electron chi connectivity index (χ4n) is 2.59. The number of hydrogen-bond acceptors (Lipinski definition) is 2. The lowest BCUT2D eigenvalue weighted by Gasteiger charge is -2.06. The van der Waals surface area contributed by atoms with E-state index in [1.165, 1.54) is 22.4 Å². The van der Waals surface area contributed by atoms with Crippen LogP contribution in [0, 0.1) is 0 Å². The highest BCUT2D eigenvalue weighted by Crippen LogP contribution is 2.37. The van der Waals surface area contributed by atoms with Crippen molar-refractivity contribution in [3.8, 4) is 16.9 Å². The summed E-state index contributed by atoms with van der Waals surface area (Å²) in [6.45, 7) is 0. The van der Waals surface area contributed by atoms with Crippen molar-refractivity contribution in [1.29, 1.82) is 0 Å². The molecule has 0 amide bonds. The predicted molar refractivity (Wildman–Crippen MR) is 69.6 cm³/mol. The molecule has 0 atom stereocenters. The summed E-state index contributed by atoms with van der Waals surface area (Å²) in [6, 6.07) is 12.5. The number of pyridine rings is 1. The first kappa shape index (κ1) is 9.59. The van der Waals surface area contributed by atoms with Crippen molar-refractivity contribution in [1.82, 2.24) is 14.8 Å². The fourth-order valence-corrected chi connectivity index (χ4v) is 2.59. The molecule has 0 bridgehead atoms. The Kier molecular flexibility index (Phi) is 1.88. The highest BCUT2D eigenvalue weighted by Gasteiger charge is 2.23. The minimum Gasteiger partial charge on any atom is -0.265 e. The number of benzene rings is 1. The second kappa shape index (κ2) is 3.53. The van der Waals surface area contributed by atoms with Crippen LogP contribution in [0.4, 0.5) is 0 Å². The number of aromatic nitrogens is 3. The van der Waals surface area contributed by atoms with Gasteiger partial charge in [-0.2, -0.15) is 5.10 Å². The van der Waals surface area contributed by atoms with Gasteiger partial charge in [0, 0.05) is 29.9 Å². The first-order valence-corrected chi connectivity index (χ1v) is 5.99. The van der Waals surface area contributed by atoms with Crippen molar-refractivity contribution < 1.29 is 0 Å². The molecule has 3 nitrogen and oxygen atoms in total. The lowest BCUT2D eigenvalue weighted by Crippen LogP contribution is -1.98. The van der Waals surface area contributed by atoms with Gasteiger partial charge in [-0.3, -0.25) is 4.98 Å². The predicted octanol–water partition coefficient (Wildman–Crippen LogP) is 2.84. The maximum Gasteiger partial charge on any atom is 0.0779 e. The van der Waals surface area contributed by atoms with Crippen LogP contribution in [0.25, 0.3) is 16.9 Å². The molecule has 0 N–H and O–H groups in total. The SMILES string of the molecule is c1ccc2c(c1)Cc1cnn(-c3ccncc3)c1-2. The average Bonchev–Trinajstić information content (AvgIpc) is 2.98. The molecule has 1 aromatic carbocycles. The van der Waals surface area contributed by atoms with Gasteiger partial charge in [0.2, 0.25) is 0 Å². The van der Waals surface area contributed by atoms with Crippen molar-refractivity contribution in [2.45, 2.75) is 6.42 Å². The van der Waals surface area contributed by atoms with Crippen LogP contribution >= 0.6 is 0 Å². The molecule has 3 aromatic rings. The fraction of sp³-hybridized carbons (Fsp3) is 0.0667. The molecule has 0 fully saturated rings. The number of nitrogens with zero attached hydrogens (tertiary/aromatic N) is 3. The van der Waals surface area contributed by atoms with Crippen molar-refractivity contribution in [2.24, 2.45) is 0 Å². The lowest BCUT2D eigenvalue weighted by molar-refractivity contribution is 0.885. The number of hydrogen-bond donors (Lipinski definition) is 0. The molecule has 18 heavy (non-hydrogen) atoms. The molecule has 0 saturated carbocycles. The van der Waals surface area contributed by atoms with E-state index in [1.54, 1.807) is 12.4 Å². The van der Waals surface area contributed by atoms with E-state index in [-0.39, 0.29) is 0 Å². The van der Waals surface area contributed by atoms with Gasteiger partial charge in [0.25, 0.3) is 0 Å². The van der Waals surface area contributed by atoms with Crippen LogP contribution in [-0.2, 0) is 6.42 Å². The zero-order valence-corrected chi connectivity index (χ0v) is 9.74. The molecule has 4 rings (SSSR count). The summed E-state index contributed by atoms with van der Waals surface area (Å²) in [5.74, 6) is 0. The van der Waals surface area contributed by atoms with Gasteiger partial charge in [0.05, 0.1) is 17.6 Å². The summed E-state index contributed by atoms with van der Waals surface area (Å²) in [5, 5.41) is 4.50. The Labute approximate surface area is 105 Å². The first-order chi connectivity index (χ1) is 8.93. The summed E-state index contributed by atoms with van der Waals surface area (Å²) in [4.78, 5) is 4.05. The molecule has 86 valence electrons. The molecule has 0 spiro atoms. The van der Waals surface area contributed by atoms with E-state index in [0.717, 1.165) is 12.1 Å². The molecule has 1 aliphatic rings. The van der Waals surface area contributed by atoms with Gasteiger partial charge in [-0.25, -0.2) is 4.68 Å². The second-order valence-corrected chi connectivity index (χ2v) is 4.47. The average molecular weight is 233 g/mol. The van der Waals surface area contributed by atoms with Crippen LogP contribution in [0.1, 0.15) is 11.1 Å². The normalized spacial score (nSPS) is 12.2. The van der Waals surface area contributed by atoms with E-state index < -0.39 is 0 Å². The molecule has 2 heterocycles. The highest BCUT2D eigenvalue weighted by molar-refractivity contribution is 5.74. The van der Waals surface area contributed by atoms with Crippen molar-refractivity contribution >= 4 is 0 Å². The van der Waals surface area contributed by atoms with Crippen LogP contribution in [0.15, 0.2) is 55.0 Å². The third-order valence-corrected chi connectivity index (χ3v) is 3.41. The lowest BCUT2D eigenvalue weighted by atomic mass is 10.1. The zero-order valence-electron chi connectivity index (χ0n) is 9.74. The summed E-state index contributed by atoms with van der Waals surface area (Å²) in [5.41, 5.74) is 6.25. The minimum atomic E-state index is 0.983. The van der Waals surface area contributed by atoms with Gasteiger partial charge in [-0.1, -0.05) is 24.3 Å². The van der Waals surface area contributed by atoms with Crippen LogP contribution in [0.2, 0.25) is 0 Å². The number of rotatable bonds is 1. The maximum absolute atomic E-state index is 4.50. The van der Waals surface area contributed by atoms with Gasteiger partial charge in [0.1, 0.15) is 0 Å². The Morgan fingerprint density at radius 1 is 0.944 bits per heavy atom. The molecule has 1 aliphatic carbocycles. The third-order valence-electron chi connectivity index (χ3n) is 3.41. The van der Waals surface area contributed by atoms with Crippen LogP contribution in [0.5, 0.6) is 0 Å². The van der Waals surface area contributed by atoms with Gasteiger partial charge < -0.3 is 0 Å². The topological polar surface area (TPSA) is 30.7 Å². The van der Waals surface area contributed by atoms with E-state index in [0.29, 0.717) is 0 Å². The smallest absolute Gasteiger partial charge is 0.0779 e. The molecule has 0 radical (unpaired) electrons. The Hall–Kier alpha value is -2.42. The molecule has 2 aromatic heterocycles. The Bertz CT molecular complexity index is 714. The Morgan fingerprint density at radius 2 is 1.78 bits per heavy atom. The first-order valence-electron chi connectivity index (χ1n) is 5.99. The molecule has 0 aliphatic heterocycles. The van der Waals surface area contributed by atoms with E-state index in [4.69, 9.17) is 0 Å². The van der Waals surface area contributed by atoms with Crippen LogP contribution in [-0.4, -0.2) is 14.8 Å². The van der Waals surface area contributed by atoms with Crippen molar-refractivity contribution in [3.63, 3.8) is 0 Å². The number of fused-ring (bicyclic) bond motifs is 3. The minimum absolute atomic E-state index is 0.983. The van der Waals surface area contributed by atoms with E-state index >= 15 is 0 Å². The van der Waals surface area contributed by atoms with E-state index in [2.05, 4.69) is 34.3 Å². The highest BCUT2D eigenvalue weighted by atomic mass is 15.3. The molecule has 3 heteroatoms. The van der Waals surface area contributed by atoms with Crippen molar-refractivity contribution in [2.75, 3.05) is 0 Å². The summed E-state index contributed by atoms with van der Waals surface area (Å²) < 4.78 is 2.00. The third kappa shape index (κ3) is 1.24. The Balaban J connectivity index is 1.97. The van der Waals surface area contributed by atoms with Crippen molar-refractivity contribution in [3.05, 3.63) is 66.1 Å². The summed E-state index contributed by atoms with van der Waals surface area (Å²) in [6.07, 6.45) is 6.54. The Morgan fingerprint density at radius 3 is 2.67 bits per heavy atom. The van der Waals surface area contributed by atoms with Gasteiger partial charge in [-0.05, 0) is 17.7 Å². The summed E-state index contributed by atoms with van der Waals surface area (Å²) in [7, 11) is 0. The quantitative estimate of drug-likeness (QED) is 0.506. The van der Waals surface area contributed by atoms with E-state index in [1.807, 2.05) is 23.0 Å². The zero-order chi connectivity index (χ0) is 11.9. The largest absolute Gasteiger partial charge is 0.265 e. The van der Waals surface area contributed by atoms with Gasteiger partial charge >= 0.3 is 0 Å². The second-order valence-electron chi connectivity index (χ2n) is 4.47. The van der Waals surface area contributed by atoms with E-state index in [9.17, 15) is 0 Å². The monoisotopic (exact) mass is 233 g/mol. The van der Waals surface area contributed by atoms with Gasteiger partial charge in [0.15, 0.2) is 0 Å². The van der Waals surface area contributed by atoms with Gasteiger partial charge in [-0.15, -0.1) is 0 Å². The standard InChI is InChI=1S/C15H11N3/c1-2-4-14-11(3-1)9-12-10-17-18(15(12)14)13-5-7-16-8-6-13/h1-8,10H,9H2. The molecular weight excluding hydrogens is 222 g/mol. The molecule has 0 unspecified atom stereocenters. The molecule has 0 saturated heterocycles. The summed E-state index contributed by atoms with van der Waals surface area (Å²) >= 11 is 0. The molecular formula is C15H11N3. The van der Waals surface area contributed by atoms with Crippen LogP contribution < -0.4 is 0 Å². The maximum atomic E-state index is 4.50. The van der Waals surface area contributed by atoms with Crippen LogP contribution in [0.3, 0.4) is 0 Å².